The van der Waals surface area contributed by atoms with E-state index in [-0.39, 0.29) is 11.8 Å². The van der Waals surface area contributed by atoms with E-state index in [2.05, 4.69) is 32.7 Å². The van der Waals surface area contributed by atoms with Gasteiger partial charge in [-0.2, -0.15) is 10.5 Å². The van der Waals surface area contributed by atoms with Crippen molar-refractivity contribution in [2.24, 2.45) is 0 Å². The zero-order valence-electron chi connectivity index (χ0n) is 24.2. The average Bonchev–Trinajstić information content (AvgIpc) is 3.12. The zero-order valence-corrected chi connectivity index (χ0v) is 25.9. The van der Waals surface area contributed by atoms with Crippen LogP contribution >= 0.6 is 21.6 Å². The van der Waals surface area contributed by atoms with Crippen LogP contribution in [0.4, 0.5) is 0 Å². The molecule has 2 heterocycles. The van der Waals surface area contributed by atoms with Gasteiger partial charge in [0.2, 0.25) is 0 Å². The first-order valence-corrected chi connectivity index (χ1v) is 16.3. The first kappa shape index (κ1) is 30.4. The van der Waals surface area contributed by atoms with Crippen LogP contribution in [0.5, 0.6) is 0 Å². The van der Waals surface area contributed by atoms with Crippen molar-refractivity contribution in [3.63, 3.8) is 0 Å². The fourth-order valence-electron chi connectivity index (χ4n) is 4.96. The number of benzene rings is 4. The van der Waals surface area contributed by atoms with Gasteiger partial charge in [-0.15, -0.1) is 0 Å². The Bertz CT molecular complexity index is 2050. The summed E-state index contributed by atoms with van der Waals surface area (Å²) in [6, 6.07) is 33.1. The number of carbonyl (C=O) groups is 2. The minimum atomic E-state index is -0.251. The predicted octanol–water partition coefficient (Wildman–Crippen LogP) is 7.19. The highest BCUT2D eigenvalue weighted by molar-refractivity contribution is 8.76. The highest BCUT2D eigenvalue weighted by Gasteiger charge is 2.14. The Hall–Kier alpha value is -5.68. The molecule has 0 aliphatic carbocycles. The van der Waals surface area contributed by atoms with Crippen LogP contribution in [0.25, 0.3) is 21.8 Å². The average molecular weight is 637 g/mol. The van der Waals surface area contributed by atoms with Crippen molar-refractivity contribution in [2.75, 3.05) is 0 Å². The Labute approximate surface area is 272 Å². The van der Waals surface area contributed by atoms with Gasteiger partial charge in [0, 0.05) is 57.2 Å². The van der Waals surface area contributed by atoms with Crippen molar-refractivity contribution in [2.45, 2.75) is 22.9 Å². The molecule has 0 spiro atoms. The van der Waals surface area contributed by atoms with Crippen LogP contribution in [0, 0.1) is 22.7 Å². The van der Waals surface area contributed by atoms with Gasteiger partial charge in [0.25, 0.3) is 11.8 Å². The van der Waals surface area contributed by atoms with Crippen LogP contribution in [0.2, 0.25) is 0 Å². The van der Waals surface area contributed by atoms with Crippen molar-refractivity contribution >= 4 is 55.2 Å². The van der Waals surface area contributed by atoms with Crippen LogP contribution in [-0.2, 0) is 13.1 Å². The largest absolute Gasteiger partial charge is 0.348 e. The molecule has 0 atom stereocenters. The molecule has 0 saturated carbocycles. The number of aromatic nitrogens is 2. The van der Waals surface area contributed by atoms with Gasteiger partial charge in [0.1, 0.15) is 0 Å². The maximum Gasteiger partial charge on any atom is 0.251 e. The Morgan fingerprint density at radius 3 is 1.50 bits per heavy atom. The standard InChI is InChI=1S/C36H24N6O2S2/c37-19-23-5-1-7-25(17-23)35(43)41-21-27-11-13-31(33-29(27)9-3-15-39-33)45-46-32-14-12-28(30-10-4-16-40-34(30)32)22-42-36(44)26-8-2-6-24(18-26)20-38/h1-18H,21-22H2,(H,41,43)(H,42,44). The predicted molar refractivity (Wildman–Crippen MR) is 180 cm³/mol. The highest BCUT2D eigenvalue weighted by Crippen LogP contribution is 2.43. The summed E-state index contributed by atoms with van der Waals surface area (Å²) in [4.78, 5) is 36.8. The minimum absolute atomic E-state index is 0.251. The second kappa shape index (κ2) is 14.0. The molecule has 2 aromatic heterocycles. The molecule has 8 nitrogen and oxygen atoms in total. The summed E-state index contributed by atoms with van der Waals surface area (Å²) in [6.45, 7) is 0.623. The maximum atomic E-state index is 12.8. The molecule has 46 heavy (non-hydrogen) atoms. The number of pyridine rings is 2. The molecule has 0 fully saturated rings. The van der Waals surface area contributed by atoms with Gasteiger partial charge in [0.05, 0.1) is 34.3 Å². The van der Waals surface area contributed by atoms with Gasteiger partial charge >= 0.3 is 0 Å². The number of nitriles is 2. The Balaban J connectivity index is 1.17. The molecule has 0 aliphatic heterocycles. The highest BCUT2D eigenvalue weighted by atomic mass is 33.1. The third kappa shape index (κ3) is 6.69. The van der Waals surface area contributed by atoms with Crippen molar-refractivity contribution in [3.05, 3.63) is 143 Å². The van der Waals surface area contributed by atoms with Gasteiger partial charge in [-0.25, -0.2) is 0 Å². The lowest BCUT2D eigenvalue weighted by molar-refractivity contribution is 0.0943. The maximum absolute atomic E-state index is 12.8. The number of amides is 2. The van der Waals surface area contributed by atoms with E-state index < -0.39 is 0 Å². The fourth-order valence-corrected chi connectivity index (χ4v) is 7.21. The summed E-state index contributed by atoms with van der Waals surface area (Å²) in [6.07, 6.45) is 3.51. The van der Waals surface area contributed by atoms with E-state index in [4.69, 9.17) is 10.5 Å². The van der Waals surface area contributed by atoms with Gasteiger partial charge in [-0.1, -0.05) is 58.0 Å². The summed E-state index contributed by atoms with van der Waals surface area (Å²) in [5, 5.41) is 26.1. The number of nitrogens with zero attached hydrogens (tertiary/aromatic N) is 4. The summed E-state index contributed by atoms with van der Waals surface area (Å²) in [5.41, 5.74) is 5.26. The molecule has 6 rings (SSSR count). The van der Waals surface area contributed by atoms with Gasteiger partial charge in [0.15, 0.2) is 0 Å². The molecule has 6 aromatic rings. The topological polar surface area (TPSA) is 132 Å². The summed E-state index contributed by atoms with van der Waals surface area (Å²) < 4.78 is 0. The van der Waals surface area contributed by atoms with Crippen molar-refractivity contribution in [1.82, 2.24) is 20.6 Å². The normalized spacial score (nSPS) is 10.7. The number of carbonyl (C=O) groups excluding carboxylic acids is 2. The van der Waals surface area contributed by atoms with Crippen molar-refractivity contribution < 1.29 is 9.59 Å². The lowest BCUT2D eigenvalue weighted by atomic mass is 10.1. The van der Waals surface area contributed by atoms with E-state index >= 15 is 0 Å². The second-order valence-electron chi connectivity index (χ2n) is 10.2. The first-order valence-electron chi connectivity index (χ1n) is 14.2. The van der Waals surface area contributed by atoms with E-state index in [1.54, 1.807) is 82.5 Å². The van der Waals surface area contributed by atoms with E-state index in [0.29, 0.717) is 35.3 Å². The zero-order chi connectivity index (χ0) is 31.9. The van der Waals surface area contributed by atoms with Crippen LogP contribution in [0.1, 0.15) is 43.0 Å². The lowest BCUT2D eigenvalue weighted by Crippen LogP contribution is -2.23. The molecule has 0 unspecified atom stereocenters. The number of fused-ring (bicyclic) bond motifs is 2. The molecule has 10 heteroatoms. The number of hydrogen-bond acceptors (Lipinski definition) is 8. The minimum Gasteiger partial charge on any atom is -0.348 e. The van der Waals surface area contributed by atoms with Crippen molar-refractivity contribution in [1.29, 1.82) is 10.5 Å². The quantitative estimate of drug-likeness (QED) is 0.160. The van der Waals surface area contributed by atoms with Crippen molar-refractivity contribution in [3.8, 4) is 12.1 Å². The molecular weight excluding hydrogens is 613 g/mol. The number of rotatable bonds is 9. The van der Waals surface area contributed by atoms with Crippen LogP contribution in [0.3, 0.4) is 0 Å². The molecular formula is C36H24N6O2S2. The van der Waals surface area contributed by atoms with Crippen LogP contribution in [0.15, 0.2) is 119 Å². The summed E-state index contributed by atoms with van der Waals surface area (Å²) in [7, 11) is 3.15. The molecule has 0 aliphatic rings. The van der Waals surface area contributed by atoms with E-state index in [0.717, 1.165) is 42.7 Å². The molecule has 222 valence electrons. The molecule has 0 saturated heterocycles. The third-order valence-electron chi connectivity index (χ3n) is 7.25. The lowest BCUT2D eigenvalue weighted by Gasteiger charge is -2.13. The Kier molecular flexibility index (Phi) is 9.21. The summed E-state index contributed by atoms with van der Waals surface area (Å²) >= 11 is 0. The van der Waals surface area contributed by atoms with E-state index in [9.17, 15) is 9.59 Å². The number of nitrogens with one attached hydrogen (secondary N) is 2. The smallest absolute Gasteiger partial charge is 0.251 e. The van der Waals surface area contributed by atoms with E-state index in [1.807, 2.05) is 48.5 Å². The fraction of sp³-hybridized carbons (Fsp3) is 0.0556. The Morgan fingerprint density at radius 1 is 0.609 bits per heavy atom. The molecule has 2 N–H and O–H groups in total. The van der Waals surface area contributed by atoms with Gasteiger partial charge < -0.3 is 10.6 Å². The SMILES string of the molecule is N#Cc1cccc(C(=O)NCc2ccc(SSc3ccc(CNC(=O)c4cccc(C#N)c4)c4cccnc34)c3ncccc23)c1. The van der Waals surface area contributed by atoms with Crippen LogP contribution in [-0.4, -0.2) is 21.8 Å². The molecule has 0 bridgehead atoms. The summed E-state index contributed by atoms with van der Waals surface area (Å²) in [5.74, 6) is -0.502. The second-order valence-corrected chi connectivity index (χ2v) is 12.4. The van der Waals surface area contributed by atoms with Gasteiger partial charge in [-0.3, -0.25) is 19.6 Å². The van der Waals surface area contributed by atoms with Crippen LogP contribution < -0.4 is 10.6 Å². The Morgan fingerprint density at radius 2 is 1.07 bits per heavy atom. The molecule has 4 aromatic carbocycles. The molecule has 0 radical (unpaired) electrons. The monoisotopic (exact) mass is 636 g/mol. The van der Waals surface area contributed by atoms with Gasteiger partial charge in [-0.05, 0) is 71.8 Å². The molecule has 2 amide bonds. The third-order valence-corrected chi connectivity index (χ3v) is 9.68. The van der Waals surface area contributed by atoms with E-state index in [1.165, 1.54) is 0 Å². The first-order chi connectivity index (χ1) is 22.5. The number of hydrogen-bond donors (Lipinski definition) is 2.